The van der Waals surface area contributed by atoms with Gasteiger partial charge in [-0.25, -0.2) is 8.42 Å². The van der Waals surface area contributed by atoms with Crippen molar-refractivity contribution in [3.05, 3.63) is 33.3 Å². The van der Waals surface area contributed by atoms with Gasteiger partial charge < -0.3 is 4.90 Å². The second kappa shape index (κ2) is 9.67. The summed E-state index contributed by atoms with van der Waals surface area (Å²) in [5, 5.41) is 10.9. The van der Waals surface area contributed by atoms with Crippen molar-refractivity contribution in [2.24, 2.45) is 5.92 Å². The van der Waals surface area contributed by atoms with Gasteiger partial charge in [0.25, 0.3) is 5.69 Å². The van der Waals surface area contributed by atoms with Gasteiger partial charge in [-0.1, -0.05) is 25.4 Å². The van der Waals surface area contributed by atoms with Crippen LogP contribution in [0.3, 0.4) is 0 Å². The Kier molecular flexibility index (Phi) is 7.79. The third kappa shape index (κ3) is 5.01. The predicted octanol–water partition coefficient (Wildman–Crippen LogP) is 3.30. The Balaban J connectivity index is 2.13. The zero-order valence-corrected chi connectivity index (χ0v) is 17.7. The number of amides is 1. The lowest BCUT2D eigenvalue weighted by Gasteiger charge is -2.33. The number of rotatable bonds is 8. The molecule has 0 N–H and O–H groups in total. The highest BCUT2D eigenvalue weighted by molar-refractivity contribution is 7.89. The van der Waals surface area contributed by atoms with E-state index in [-0.39, 0.29) is 40.5 Å². The molecule has 1 saturated heterocycles. The van der Waals surface area contributed by atoms with Gasteiger partial charge in [0.05, 0.1) is 9.95 Å². The first kappa shape index (κ1) is 22.6. The molecule has 1 heterocycles. The zero-order chi connectivity index (χ0) is 20.9. The van der Waals surface area contributed by atoms with Crippen LogP contribution in [0.25, 0.3) is 0 Å². The van der Waals surface area contributed by atoms with Crippen LogP contribution in [-0.2, 0) is 14.8 Å². The normalized spacial score (nSPS) is 16.1. The topological polar surface area (TPSA) is 101 Å². The van der Waals surface area contributed by atoms with Gasteiger partial charge in [0.1, 0.15) is 4.90 Å². The smallest absolute Gasteiger partial charge is 0.270 e. The van der Waals surface area contributed by atoms with Crippen molar-refractivity contribution >= 4 is 33.2 Å². The summed E-state index contributed by atoms with van der Waals surface area (Å²) in [6, 6.07) is 3.37. The van der Waals surface area contributed by atoms with Crippen molar-refractivity contribution in [3.8, 4) is 0 Å². The molecule has 1 aliphatic rings. The Hall–Kier alpha value is -1.71. The second-order valence-corrected chi connectivity index (χ2v) is 9.19. The van der Waals surface area contributed by atoms with Crippen LogP contribution in [0.2, 0.25) is 5.02 Å². The molecule has 1 aliphatic heterocycles. The molecule has 0 aromatic heterocycles. The van der Waals surface area contributed by atoms with E-state index in [0.29, 0.717) is 25.9 Å². The molecular formula is C18H26ClN3O5S. The van der Waals surface area contributed by atoms with Crippen molar-refractivity contribution in [3.63, 3.8) is 0 Å². The molecule has 8 nitrogen and oxygen atoms in total. The molecule has 10 heteroatoms. The number of halogens is 1. The van der Waals surface area contributed by atoms with Gasteiger partial charge in [-0.15, -0.1) is 0 Å². The van der Waals surface area contributed by atoms with Crippen molar-refractivity contribution in [2.45, 2.75) is 44.4 Å². The Morgan fingerprint density at radius 1 is 1.25 bits per heavy atom. The summed E-state index contributed by atoms with van der Waals surface area (Å²) < 4.78 is 27.1. The Labute approximate surface area is 170 Å². The van der Waals surface area contributed by atoms with Gasteiger partial charge in [-0.2, -0.15) is 4.31 Å². The predicted molar refractivity (Wildman–Crippen MR) is 107 cm³/mol. The number of nitro groups is 1. The van der Waals surface area contributed by atoms with Crippen molar-refractivity contribution < 1.29 is 18.1 Å². The Bertz CT molecular complexity index is 817. The van der Waals surface area contributed by atoms with E-state index in [9.17, 15) is 23.3 Å². The Morgan fingerprint density at radius 3 is 2.32 bits per heavy atom. The molecule has 28 heavy (non-hydrogen) atoms. The van der Waals surface area contributed by atoms with Crippen LogP contribution < -0.4 is 0 Å². The summed E-state index contributed by atoms with van der Waals surface area (Å²) >= 11 is 6.01. The molecule has 2 rings (SSSR count). The largest absolute Gasteiger partial charge is 0.342 e. The van der Waals surface area contributed by atoms with E-state index < -0.39 is 14.9 Å². The number of carbonyl (C=O) groups is 1. The third-order valence-electron chi connectivity index (χ3n) is 4.85. The average Bonchev–Trinajstić information content (AvgIpc) is 2.67. The summed E-state index contributed by atoms with van der Waals surface area (Å²) in [5.74, 6) is -0.126. The summed E-state index contributed by atoms with van der Waals surface area (Å²) in [4.78, 5) is 24.6. The van der Waals surface area contributed by atoms with Crippen molar-refractivity contribution in [1.29, 1.82) is 0 Å². The second-order valence-electron chi connectivity index (χ2n) is 6.88. The van der Waals surface area contributed by atoms with Gasteiger partial charge in [0.15, 0.2) is 0 Å². The molecule has 1 aromatic carbocycles. The van der Waals surface area contributed by atoms with Crippen LogP contribution in [0.4, 0.5) is 5.69 Å². The molecule has 0 atom stereocenters. The molecule has 0 spiro atoms. The maximum atomic E-state index is 12.9. The molecular weight excluding hydrogens is 406 g/mol. The van der Waals surface area contributed by atoms with E-state index in [2.05, 4.69) is 0 Å². The molecule has 0 unspecified atom stereocenters. The molecule has 0 saturated carbocycles. The van der Waals surface area contributed by atoms with Crippen LogP contribution in [-0.4, -0.2) is 54.6 Å². The molecule has 0 radical (unpaired) electrons. The first-order chi connectivity index (χ1) is 13.2. The number of benzene rings is 1. The minimum Gasteiger partial charge on any atom is -0.342 e. The van der Waals surface area contributed by atoms with E-state index >= 15 is 0 Å². The van der Waals surface area contributed by atoms with Crippen molar-refractivity contribution in [2.75, 3.05) is 26.2 Å². The summed E-state index contributed by atoms with van der Waals surface area (Å²) in [6.45, 7) is 5.82. The summed E-state index contributed by atoms with van der Waals surface area (Å²) in [7, 11) is -3.97. The quantitative estimate of drug-likeness (QED) is 0.464. The van der Waals surface area contributed by atoms with E-state index in [4.69, 9.17) is 11.6 Å². The fraction of sp³-hybridized carbons (Fsp3) is 0.611. The minimum absolute atomic E-state index is 0.0548. The van der Waals surface area contributed by atoms with Crippen LogP contribution in [0.15, 0.2) is 23.1 Å². The monoisotopic (exact) mass is 431 g/mol. The lowest BCUT2D eigenvalue weighted by molar-refractivity contribution is -0.385. The van der Waals surface area contributed by atoms with Gasteiger partial charge in [-0.05, 0) is 31.7 Å². The number of nitrogens with zero attached hydrogens (tertiary/aromatic N) is 3. The SMILES string of the molecule is CCCN(CCC)C(=O)C1CCN(S(=O)(=O)c2cc([N+](=O)[O-])ccc2Cl)CC1. The zero-order valence-electron chi connectivity index (χ0n) is 16.1. The van der Waals surface area contributed by atoms with Gasteiger partial charge in [0, 0.05) is 44.2 Å². The first-order valence-electron chi connectivity index (χ1n) is 9.45. The minimum atomic E-state index is -3.97. The maximum absolute atomic E-state index is 12.9. The molecule has 156 valence electrons. The van der Waals surface area contributed by atoms with E-state index in [0.717, 1.165) is 18.9 Å². The van der Waals surface area contributed by atoms with Gasteiger partial charge in [0.2, 0.25) is 15.9 Å². The first-order valence-corrected chi connectivity index (χ1v) is 11.3. The molecule has 0 bridgehead atoms. The molecule has 1 amide bonds. The highest BCUT2D eigenvalue weighted by Gasteiger charge is 2.35. The van der Waals surface area contributed by atoms with Gasteiger partial charge >= 0.3 is 0 Å². The maximum Gasteiger partial charge on any atom is 0.270 e. The number of non-ortho nitro benzene ring substituents is 1. The number of carbonyl (C=O) groups excluding carboxylic acids is 1. The van der Waals surface area contributed by atoms with Crippen LogP contribution in [0.5, 0.6) is 0 Å². The number of hydrogen-bond donors (Lipinski definition) is 0. The number of piperidine rings is 1. The highest BCUT2D eigenvalue weighted by atomic mass is 35.5. The van der Waals surface area contributed by atoms with E-state index in [1.54, 1.807) is 0 Å². The number of nitro benzene ring substituents is 1. The van der Waals surface area contributed by atoms with Crippen LogP contribution in [0.1, 0.15) is 39.5 Å². The lowest BCUT2D eigenvalue weighted by atomic mass is 9.96. The van der Waals surface area contributed by atoms with Crippen LogP contribution in [0, 0.1) is 16.0 Å². The molecule has 1 fully saturated rings. The fourth-order valence-electron chi connectivity index (χ4n) is 3.42. The molecule has 1 aromatic rings. The molecule has 0 aliphatic carbocycles. The average molecular weight is 432 g/mol. The van der Waals surface area contributed by atoms with Crippen molar-refractivity contribution in [1.82, 2.24) is 9.21 Å². The standard InChI is InChI=1S/C18H26ClN3O5S/c1-3-9-20(10-4-2)18(23)14-7-11-21(12-8-14)28(26,27)17-13-15(22(24)25)5-6-16(17)19/h5-6,13-14H,3-4,7-12H2,1-2H3. The third-order valence-corrected chi connectivity index (χ3v) is 7.23. The summed E-state index contributed by atoms with van der Waals surface area (Å²) in [6.07, 6.45) is 2.61. The summed E-state index contributed by atoms with van der Waals surface area (Å²) in [5.41, 5.74) is -0.331. The van der Waals surface area contributed by atoms with Crippen LogP contribution >= 0.6 is 11.6 Å². The van der Waals surface area contributed by atoms with E-state index in [1.165, 1.54) is 16.4 Å². The lowest BCUT2D eigenvalue weighted by Crippen LogP contribution is -2.44. The Morgan fingerprint density at radius 2 is 1.82 bits per heavy atom. The highest BCUT2D eigenvalue weighted by Crippen LogP contribution is 2.31. The number of hydrogen-bond acceptors (Lipinski definition) is 5. The fourth-order valence-corrected chi connectivity index (χ4v) is 5.38. The number of sulfonamides is 1. The van der Waals surface area contributed by atoms with E-state index in [1.807, 2.05) is 18.7 Å². The van der Waals surface area contributed by atoms with Gasteiger partial charge in [-0.3, -0.25) is 14.9 Å².